The van der Waals surface area contributed by atoms with Crippen LogP contribution in [-0.2, 0) is 13.0 Å². The average Bonchev–Trinajstić information content (AvgIpc) is 2.27. The van der Waals surface area contributed by atoms with Crippen LogP contribution in [0.15, 0.2) is 24.3 Å². The summed E-state index contributed by atoms with van der Waals surface area (Å²) in [6, 6.07) is 6.33. The summed E-state index contributed by atoms with van der Waals surface area (Å²) < 4.78 is 0. The number of aryl methyl sites for hydroxylation is 1. The minimum absolute atomic E-state index is 0.147. The second kappa shape index (κ2) is 4.19. The zero-order chi connectivity index (χ0) is 10.8. The normalized spacial score (nSPS) is 15.1. The Bertz CT molecular complexity index is 388. The summed E-state index contributed by atoms with van der Waals surface area (Å²) in [6.45, 7) is 4.62. The zero-order valence-electron chi connectivity index (χ0n) is 9.46. The molecular weight excluding hydrogens is 184 g/mol. The first-order valence-electron chi connectivity index (χ1n) is 5.65. The Balaban J connectivity index is 2.44. The maximum atomic E-state index is 9.10. The van der Waals surface area contributed by atoms with Crippen molar-refractivity contribution in [1.29, 1.82) is 0 Å². The van der Waals surface area contributed by atoms with Gasteiger partial charge in [0.1, 0.15) is 0 Å². The molecule has 1 aliphatic rings. The minimum atomic E-state index is 0.147. The van der Waals surface area contributed by atoms with Crippen LogP contribution in [-0.4, -0.2) is 5.11 Å². The van der Waals surface area contributed by atoms with E-state index in [-0.39, 0.29) is 6.61 Å². The lowest BCUT2D eigenvalue weighted by Gasteiger charge is -2.21. The van der Waals surface area contributed by atoms with Gasteiger partial charge in [-0.1, -0.05) is 38.1 Å². The van der Waals surface area contributed by atoms with Crippen LogP contribution in [0, 0.1) is 5.92 Å². The third-order valence-corrected chi connectivity index (χ3v) is 3.06. The first-order valence-corrected chi connectivity index (χ1v) is 5.65. The topological polar surface area (TPSA) is 20.2 Å². The fourth-order valence-corrected chi connectivity index (χ4v) is 2.27. The molecule has 80 valence electrons. The second-order valence-corrected chi connectivity index (χ2v) is 4.50. The molecule has 0 fully saturated rings. The predicted molar refractivity (Wildman–Crippen MR) is 63.5 cm³/mol. The predicted octanol–water partition coefficient (Wildman–Crippen LogP) is 3.16. The number of hydrogen-bond donors (Lipinski definition) is 1. The van der Waals surface area contributed by atoms with E-state index in [0.29, 0.717) is 5.92 Å². The van der Waals surface area contributed by atoms with Gasteiger partial charge in [0.15, 0.2) is 0 Å². The Labute approximate surface area is 91.4 Å². The minimum Gasteiger partial charge on any atom is -0.392 e. The fourth-order valence-electron chi connectivity index (χ4n) is 2.27. The molecule has 0 bridgehead atoms. The van der Waals surface area contributed by atoms with Gasteiger partial charge in [0.2, 0.25) is 0 Å². The number of rotatable bonds is 2. The molecule has 1 nitrogen and oxygen atoms in total. The Morgan fingerprint density at radius 2 is 2.13 bits per heavy atom. The van der Waals surface area contributed by atoms with E-state index in [4.69, 9.17) is 5.11 Å². The zero-order valence-corrected chi connectivity index (χ0v) is 9.46. The average molecular weight is 202 g/mol. The van der Waals surface area contributed by atoms with E-state index in [2.05, 4.69) is 32.1 Å². The molecule has 1 aliphatic carbocycles. The molecule has 0 saturated carbocycles. The summed E-state index contributed by atoms with van der Waals surface area (Å²) in [5, 5.41) is 9.10. The third-order valence-electron chi connectivity index (χ3n) is 3.06. The summed E-state index contributed by atoms with van der Waals surface area (Å²) in [5.41, 5.74) is 5.26. The van der Waals surface area contributed by atoms with Gasteiger partial charge >= 0.3 is 0 Å². The van der Waals surface area contributed by atoms with Gasteiger partial charge in [-0.2, -0.15) is 0 Å². The van der Waals surface area contributed by atoms with Crippen molar-refractivity contribution >= 4 is 5.57 Å². The molecule has 0 amide bonds. The number of aliphatic hydroxyl groups excluding tert-OH is 1. The lowest BCUT2D eigenvalue weighted by atomic mass is 9.84. The van der Waals surface area contributed by atoms with Gasteiger partial charge in [-0.25, -0.2) is 0 Å². The van der Waals surface area contributed by atoms with Gasteiger partial charge in [-0.15, -0.1) is 0 Å². The summed E-state index contributed by atoms with van der Waals surface area (Å²) in [5.74, 6) is 0.587. The molecule has 1 aromatic carbocycles. The lowest BCUT2D eigenvalue weighted by molar-refractivity contribution is 0.281. The highest BCUT2D eigenvalue weighted by molar-refractivity contribution is 5.71. The molecule has 0 spiro atoms. The molecule has 0 heterocycles. The molecule has 1 N–H and O–H groups in total. The van der Waals surface area contributed by atoms with Crippen LogP contribution in [0.25, 0.3) is 5.57 Å². The van der Waals surface area contributed by atoms with Gasteiger partial charge < -0.3 is 5.11 Å². The molecule has 0 aromatic heterocycles. The quantitative estimate of drug-likeness (QED) is 0.781. The van der Waals surface area contributed by atoms with Crippen molar-refractivity contribution in [1.82, 2.24) is 0 Å². The highest BCUT2D eigenvalue weighted by Crippen LogP contribution is 2.32. The Morgan fingerprint density at radius 3 is 2.80 bits per heavy atom. The highest BCUT2D eigenvalue weighted by atomic mass is 16.3. The van der Waals surface area contributed by atoms with Crippen LogP contribution in [0.5, 0.6) is 0 Å². The van der Waals surface area contributed by atoms with Crippen LogP contribution < -0.4 is 0 Å². The van der Waals surface area contributed by atoms with Crippen molar-refractivity contribution in [3.05, 3.63) is 41.0 Å². The number of benzene rings is 1. The third kappa shape index (κ3) is 1.98. The molecule has 0 radical (unpaired) electrons. The van der Waals surface area contributed by atoms with E-state index >= 15 is 0 Å². The number of allylic oxidation sites excluding steroid dienone is 2. The van der Waals surface area contributed by atoms with Crippen molar-refractivity contribution < 1.29 is 5.11 Å². The molecule has 15 heavy (non-hydrogen) atoms. The first-order chi connectivity index (χ1) is 7.22. The smallest absolute Gasteiger partial charge is 0.0681 e. The van der Waals surface area contributed by atoms with Crippen LogP contribution in [0.2, 0.25) is 0 Å². The number of fused-ring (bicyclic) bond motifs is 1. The lowest BCUT2D eigenvalue weighted by Crippen LogP contribution is -2.04. The van der Waals surface area contributed by atoms with Gasteiger partial charge in [0.05, 0.1) is 6.61 Å². The molecule has 0 saturated heterocycles. The summed E-state index contributed by atoms with van der Waals surface area (Å²) in [4.78, 5) is 0. The largest absolute Gasteiger partial charge is 0.392 e. The van der Waals surface area contributed by atoms with E-state index in [1.807, 2.05) is 6.07 Å². The number of hydrogen-bond acceptors (Lipinski definition) is 1. The van der Waals surface area contributed by atoms with Crippen LogP contribution in [0.3, 0.4) is 0 Å². The van der Waals surface area contributed by atoms with Crippen LogP contribution >= 0.6 is 0 Å². The first kappa shape index (κ1) is 10.4. The van der Waals surface area contributed by atoms with Gasteiger partial charge in [0, 0.05) is 0 Å². The molecule has 0 atom stereocenters. The maximum absolute atomic E-state index is 9.10. The summed E-state index contributed by atoms with van der Waals surface area (Å²) >= 11 is 0. The van der Waals surface area contributed by atoms with Crippen molar-refractivity contribution in [2.75, 3.05) is 0 Å². The van der Waals surface area contributed by atoms with Gasteiger partial charge in [0.25, 0.3) is 0 Å². The maximum Gasteiger partial charge on any atom is 0.0681 e. The van der Waals surface area contributed by atoms with E-state index in [0.717, 1.165) is 18.4 Å². The van der Waals surface area contributed by atoms with Crippen molar-refractivity contribution in [3.63, 3.8) is 0 Å². The molecule has 1 aromatic rings. The van der Waals surface area contributed by atoms with Crippen LogP contribution in [0.4, 0.5) is 0 Å². The van der Waals surface area contributed by atoms with E-state index in [9.17, 15) is 0 Å². The van der Waals surface area contributed by atoms with Crippen molar-refractivity contribution in [3.8, 4) is 0 Å². The Hall–Kier alpha value is -1.08. The van der Waals surface area contributed by atoms with Gasteiger partial charge in [-0.3, -0.25) is 0 Å². The van der Waals surface area contributed by atoms with E-state index in [1.165, 1.54) is 16.7 Å². The SMILES string of the molecule is CC(C)C1=CCCc2cc(CO)ccc21. The van der Waals surface area contributed by atoms with Crippen molar-refractivity contribution in [2.24, 2.45) is 5.92 Å². The molecule has 1 heteroatoms. The Morgan fingerprint density at radius 1 is 1.33 bits per heavy atom. The standard InChI is InChI=1S/C14H18O/c1-10(2)13-5-3-4-12-8-11(9-15)6-7-14(12)13/h5-8,10,15H,3-4,9H2,1-2H3. The van der Waals surface area contributed by atoms with Crippen LogP contribution in [0.1, 0.15) is 37.0 Å². The van der Waals surface area contributed by atoms with Gasteiger partial charge in [-0.05, 0) is 41.0 Å². The molecule has 0 unspecified atom stereocenters. The summed E-state index contributed by atoms with van der Waals surface area (Å²) in [6.07, 6.45) is 4.60. The van der Waals surface area contributed by atoms with Crippen molar-refractivity contribution in [2.45, 2.75) is 33.3 Å². The van der Waals surface area contributed by atoms with E-state index in [1.54, 1.807) is 0 Å². The highest BCUT2D eigenvalue weighted by Gasteiger charge is 2.14. The molecular formula is C14H18O. The monoisotopic (exact) mass is 202 g/mol. The summed E-state index contributed by atoms with van der Waals surface area (Å²) in [7, 11) is 0. The molecule has 0 aliphatic heterocycles. The fraction of sp³-hybridized carbons (Fsp3) is 0.429. The second-order valence-electron chi connectivity index (χ2n) is 4.50. The van der Waals surface area contributed by atoms with E-state index < -0.39 is 0 Å². The molecule has 2 rings (SSSR count). The Kier molecular flexibility index (Phi) is 2.92. The number of aliphatic hydroxyl groups is 1.